The lowest BCUT2D eigenvalue weighted by atomic mass is 10.0. The van der Waals surface area contributed by atoms with Crippen LogP contribution in [0.2, 0.25) is 0 Å². The van der Waals surface area contributed by atoms with E-state index in [0.717, 1.165) is 51.3 Å². The van der Waals surface area contributed by atoms with E-state index in [-0.39, 0.29) is 12.1 Å². The first kappa shape index (κ1) is 15.0. The van der Waals surface area contributed by atoms with Crippen LogP contribution in [0.5, 0.6) is 0 Å². The van der Waals surface area contributed by atoms with Gasteiger partial charge in [0.15, 0.2) is 0 Å². The number of pyridine rings is 1. The van der Waals surface area contributed by atoms with Crippen molar-refractivity contribution < 1.29 is 4.79 Å². The van der Waals surface area contributed by atoms with E-state index < -0.39 is 0 Å². The molecule has 0 saturated carbocycles. The van der Waals surface area contributed by atoms with E-state index in [1.807, 2.05) is 23.2 Å². The highest BCUT2D eigenvalue weighted by molar-refractivity contribution is 5.75. The molecule has 0 unspecified atom stereocenters. The number of hydrogen-bond donors (Lipinski definition) is 1. The Morgan fingerprint density at radius 1 is 1.27 bits per heavy atom. The maximum absolute atomic E-state index is 12.3. The first-order valence-electron chi connectivity index (χ1n) is 8.15. The number of carbonyl (C=O) groups is 1. The van der Waals surface area contributed by atoms with E-state index in [1.54, 1.807) is 0 Å². The van der Waals surface area contributed by atoms with Crippen molar-refractivity contribution in [1.29, 1.82) is 0 Å². The van der Waals surface area contributed by atoms with Gasteiger partial charge in [0.1, 0.15) is 0 Å². The first-order chi connectivity index (χ1) is 10.8. The Hall–Kier alpha value is -1.88. The molecule has 22 heavy (non-hydrogen) atoms. The van der Waals surface area contributed by atoms with Crippen LogP contribution in [0.1, 0.15) is 25.0 Å². The van der Waals surface area contributed by atoms with Crippen LogP contribution in [-0.4, -0.2) is 53.0 Å². The summed E-state index contributed by atoms with van der Waals surface area (Å²) in [5.74, 6) is 0. The van der Waals surface area contributed by atoms with Crippen molar-refractivity contribution in [3.63, 3.8) is 0 Å². The third kappa shape index (κ3) is 4.07. The second-order valence-electron chi connectivity index (χ2n) is 6.00. The fourth-order valence-corrected chi connectivity index (χ4v) is 3.01. The van der Waals surface area contributed by atoms with Gasteiger partial charge in [-0.05, 0) is 31.4 Å². The van der Waals surface area contributed by atoms with Crippen LogP contribution in [0, 0.1) is 0 Å². The number of piperazine rings is 1. The Morgan fingerprint density at radius 3 is 2.82 bits per heavy atom. The molecule has 1 aliphatic carbocycles. The molecule has 0 bridgehead atoms. The summed E-state index contributed by atoms with van der Waals surface area (Å²) in [7, 11) is 0. The van der Waals surface area contributed by atoms with Gasteiger partial charge in [-0.2, -0.15) is 0 Å². The summed E-state index contributed by atoms with van der Waals surface area (Å²) in [6.45, 7) is 4.25. The maximum atomic E-state index is 12.3. The third-order valence-electron chi connectivity index (χ3n) is 4.33. The topological polar surface area (TPSA) is 48.5 Å². The quantitative estimate of drug-likeness (QED) is 0.869. The Kier molecular flexibility index (Phi) is 5.06. The van der Waals surface area contributed by atoms with Crippen LogP contribution < -0.4 is 5.32 Å². The van der Waals surface area contributed by atoms with Crippen molar-refractivity contribution in [1.82, 2.24) is 20.1 Å². The Morgan fingerprint density at radius 2 is 2.14 bits per heavy atom. The monoisotopic (exact) mass is 300 g/mol. The van der Waals surface area contributed by atoms with Gasteiger partial charge in [-0.25, -0.2) is 4.79 Å². The van der Waals surface area contributed by atoms with Crippen molar-refractivity contribution in [3.05, 3.63) is 42.2 Å². The van der Waals surface area contributed by atoms with Crippen LogP contribution in [0.25, 0.3) is 0 Å². The number of amides is 2. The molecule has 3 rings (SSSR count). The number of allylic oxidation sites excluding steroid dienone is 1. The summed E-state index contributed by atoms with van der Waals surface area (Å²) < 4.78 is 0. The number of nitrogens with zero attached hydrogens (tertiary/aromatic N) is 3. The highest BCUT2D eigenvalue weighted by Gasteiger charge is 2.22. The average molecular weight is 300 g/mol. The lowest BCUT2D eigenvalue weighted by molar-refractivity contribution is 0.133. The number of hydrogen-bond acceptors (Lipinski definition) is 3. The molecule has 0 aromatic carbocycles. The van der Waals surface area contributed by atoms with Gasteiger partial charge in [0, 0.05) is 45.0 Å². The standard InChI is InChI=1S/C17H24N4O/c22-17(19-15-6-2-1-3-7-15)21-12-10-20(11-13-21)14-16-8-4-5-9-18-16/h2,4-6,8-9,15H,1,3,7,10-14H2,(H,19,22)/t15-/m1/s1. The second kappa shape index (κ2) is 7.40. The molecule has 2 amide bonds. The molecule has 5 nitrogen and oxygen atoms in total. The summed E-state index contributed by atoms with van der Waals surface area (Å²) in [4.78, 5) is 20.9. The van der Waals surface area contributed by atoms with E-state index in [4.69, 9.17) is 0 Å². The molecule has 1 N–H and O–H groups in total. The van der Waals surface area contributed by atoms with E-state index in [9.17, 15) is 4.79 Å². The predicted molar refractivity (Wildman–Crippen MR) is 86.4 cm³/mol. The summed E-state index contributed by atoms with van der Waals surface area (Å²) in [6.07, 6.45) is 9.48. The zero-order chi connectivity index (χ0) is 15.2. The Bertz CT molecular complexity index is 509. The molecule has 1 atom stereocenters. The number of urea groups is 1. The van der Waals surface area contributed by atoms with Gasteiger partial charge in [0.05, 0.1) is 5.69 Å². The molecular weight excluding hydrogens is 276 g/mol. The Labute approximate surface area is 132 Å². The summed E-state index contributed by atoms with van der Waals surface area (Å²) in [5, 5.41) is 3.12. The van der Waals surface area contributed by atoms with Gasteiger partial charge in [-0.15, -0.1) is 0 Å². The fraction of sp³-hybridized carbons (Fsp3) is 0.529. The minimum absolute atomic E-state index is 0.0778. The zero-order valence-corrected chi connectivity index (χ0v) is 12.9. The van der Waals surface area contributed by atoms with Crippen LogP contribution in [0.4, 0.5) is 4.79 Å². The molecule has 1 saturated heterocycles. The SMILES string of the molecule is O=C(N[C@@H]1C=CCCC1)N1CCN(Cc2ccccn2)CC1. The molecule has 0 radical (unpaired) electrons. The lowest BCUT2D eigenvalue weighted by Gasteiger charge is -2.35. The average Bonchev–Trinajstić information content (AvgIpc) is 2.57. The Balaban J connectivity index is 1.44. The summed E-state index contributed by atoms with van der Waals surface area (Å²) in [5.41, 5.74) is 1.09. The predicted octanol–water partition coefficient (Wildman–Crippen LogP) is 2.02. The third-order valence-corrected chi connectivity index (χ3v) is 4.33. The van der Waals surface area contributed by atoms with Crippen LogP contribution >= 0.6 is 0 Å². The minimum atomic E-state index is 0.0778. The number of rotatable bonds is 3. The van der Waals surface area contributed by atoms with E-state index in [1.165, 1.54) is 6.42 Å². The molecule has 1 aromatic heterocycles. The van der Waals surface area contributed by atoms with Crippen molar-refractivity contribution >= 4 is 6.03 Å². The van der Waals surface area contributed by atoms with Crippen molar-refractivity contribution in [3.8, 4) is 0 Å². The molecular formula is C17H24N4O. The largest absolute Gasteiger partial charge is 0.332 e. The van der Waals surface area contributed by atoms with E-state index >= 15 is 0 Å². The van der Waals surface area contributed by atoms with Gasteiger partial charge in [-0.3, -0.25) is 9.88 Å². The molecule has 118 valence electrons. The lowest BCUT2D eigenvalue weighted by Crippen LogP contribution is -2.53. The number of aromatic nitrogens is 1. The molecule has 1 aromatic rings. The van der Waals surface area contributed by atoms with Crippen molar-refractivity contribution in [2.75, 3.05) is 26.2 Å². The normalized spacial score (nSPS) is 22.5. The highest BCUT2D eigenvalue weighted by Crippen LogP contribution is 2.11. The molecule has 5 heteroatoms. The fourth-order valence-electron chi connectivity index (χ4n) is 3.01. The second-order valence-corrected chi connectivity index (χ2v) is 6.00. The smallest absolute Gasteiger partial charge is 0.317 e. The molecule has 1 fully saturated rings. The molecule has 1 aliphatic heterocycles. The van der Waals surface area contributed by atoms with Crippen LogP contribution in [-0.2, 0) is 6.54 Å². The van der Waals surface area contributed by atoms with Gasteiger partial charge in [-0.1, -0.05) is 18.2 Å². The minimum Gasteiger partial charge on any atom is -0.332 e. The van der Waals surface area contributed by atoms with Gasteiger partial charge >= 0.3 is 6.03 Å². The van der Waals surface area contributed by atoms with Crippen molar-refractivity contribution in [2.24, 2.45) is 0 Å². The maximum Gasteiger partial charge on any atom is 0.317 e. The van der Waals surface area contributed by atoms with E-state index in [2.05, 4.69) is 33.4 Å². The highest BCUT2D eigenvalue weighted by atomic mass is 16.2. The number of nitrogens with one attached hydrogen (secondary N) is 1. The first-order valence-corrected chi connectivity index (χ1v) is 8.15. The van der Waals surface area contributed by atoms with E-state index in [0.29, 0.717) is 0 Å². The van der Waals surface area contributed by atoms with Gasteiger partial charge in [0.25, 0.3) is 0 Å². The van der Waals surface area contributed by atoms with Gasteiger partial charge < -0.3 is 10.2 Å². The van der Waals surface area contributed by atoms with Crippen LogP contribution in [0.15, 0.2) is 36.5 Å². The van der Waals surface area contributed by atoms with Crippen molar-refractivity contribution in [2.45, 2.75) is 31.8 Å². The molecule has 2 aliphatic rings. The zero-order valence-electron chi connectivity index (χ0n) is 12.9. The summed E-state index contributed by atoms with van der Waals surface area (Å²) >= 11 is 0. The van der Waals surface area contributed by atoms with Crippen LogP contribution in [0.3, 0.4) is 0 Å². The molecule has 2 heterocycles. The summed E-state index contributed by atoms with van der Waals surface area (Å²) in [6, 6.07) is 6.30. The molecule has 0 spiro atoms. The van der Waals surface area contributed by atoms with Gasteiger partial charge in [0.2, 0.25) is 0 Å². The number of carbonyl (C=O) groups excluding carboxylic acids is 1.